The lowest BCUT2D eigenvalue weighted by Gasteiger charge is -2.41. The SMILES string of the molecule is CCCC/C=C\C/C=C\CCCCCCCC(=O)OC[C@H](COP(=O)(O)OC1C(O)C(O)C(O)[C@@H](O)C1O)OC(=O)CCCCCCCCCCCCCCCCCCCCC. The third-order valence-electron chi connectivity index (χ3n) is 11.5. The van der Waals surface area contributed by atoms with Crippen molar-refractivity contribution in [1.29, 1.82) is 0 Å². The molecule has 364 valence electrons. The number of rotatable bonds is 41. The zero-order chi connectivity index (χ0) is 45.7. The van der Waals surface area contributed by atoms with Crippen molar-refractivity contribution in [3.05, 3.63) is 24.3 Å². The Morgan fingerprint density at radius 1 is 0.500 bits per heavy atom. The first kappa shape index (κ1) is 58.3. The Morgan fingerprint density at radius 2 is 0.887 bits per heavy atom. The number of phosphoric acid groups is 1. The van der Waals surface area contributed by atoms with Gasteiger partial charge in [-0.3, -0.25) is 18.6 Å². The number of hydrogen-bond donors (Lipinski definition) is 6. The van der Waals surface area contributed by atoms with Gasteiger partial charge in [0.25, 0.3) is 0 Å². The summed E-state index contributed by atoms with van der Waals surface area (Å²) in [5.74, 6) is -1.11. The summed E-state index contributed by atoms with van der Waals surface area (Å²) in [5.41, 5.74) is 0. The van der Waals surface area contributed by atoms with Crippen LogP contribution in [0.5, 0.6) is 0 Å². The van der Waals surface area contributed by atoms with Crippen LogP contribution in [0.15, 0.2) is 24.3 Å². The monoisotopic (exact) mass is 905 g/mol. The van der Waals surface area contributed by atoms with Crippen LogP contribution >= 0.6 is 7.82 Å². The Hall–Kier alpha value is -1.67. The van der Waals surface area contributed by atoms with Gasteiger partial charge in [-0.15, -0.1) is 0 Å². The van der Waals surface area contributed by atoms with Gasteiger partial charge < -0.3 is 39.9 Å². The van der Waals surface area contributed by atoms with Crippen LogP contribution in [0.2, 0.25) is 0 Å². The number of aliphatic hydroxyl groups excluding tert-OH is 5. The van der Waals surface area contributed by atoms with Crippen molar-refractivity contribution in [2.24, 2.45) is 0 Å². The Kier molecular flexibility index (Phi) is 36.3. The number of unbranched alkanes of at least 4 members (excludes halogenated alkanes) is 25. The van der Waals surface area contributed by atoms with E-state index in [0.717, 1.165) is 64.2 Å². The Balaban J connectivity index is 2.41. The normalized spacial score (nSPS) is 22.0. The average molecular weight is 905 g/mol. The number of carbonyl (C=O) groups excluding carboxylic acids is 2. The summed E-state index contributed by atoms with van der Waals surface area (Å²) in [7, 11) is -5.12. The van der Waals surface area contributed by atoms with Crippen molar-refractivity contribution < 1.29 is 63.1 Å². The van der Waals surface area contributed by atoms with Crippen molar-refractivity contribution in [3.63, 3.8) is 0 Å². The van der Waals surface area contributed by atoms with E-state index in [0.29, 0.717) is 12.8 Å². The number of carbonyl (C=O) groups is 2. The van der Waals surface area contributed by atoms with E-state index in [1.54, 1.807) is 0 Å². The summed E-state index contributed by atoms with van der Waals surface area (Å²) < 4.78 is 33.6. The largest absolute Gasteiger partial charge is 0.472 e. The third kappa shape index (κ3) is 30.5. The Bertz CT molecular complexity index is 1180. The zero-order valence-electron chi connectivity index (χ0n) is 38.7. The van der Waals surface area contributed by atoms with E-state index >= 15 is 0 Å². The fourth-order valence-corrected chi connectivity index (χ4v) is 8.51. The molecule has 0 spiro atoms. The molecule has 0 bridgehead atoms. The highest BCUT2D eigenvalue weighted by Gasteiger charge is 2.51. The van der Waals surface area contributed by atoms with Gasteiger partial charge in [0.15, 0.2) is 6.10 Å². The van der Waals surface area contributed by atoms with Crippen LogP contribution in [0, 0.1) is 0 Å². The molecule has 1 saturated carbocycles. The predicted molar refractivity (Wildman–Crippen MR) is 244 cm³/mol. The highest BCUT2D eigenvalue weighted by Crippen LogP contribution is 2.47. The molecule has 1 aliphatic carbocycles. The minimum atomic E-state index is -5.12. The van der Waals surface area contributed by atoms with Gasteiger partial charge in [-0.25, -0.2) is 4.57 Å². The van der Waals surface area contributed by atoms with Crippen LogP contribution in [0.4, 0.5) is 0 Å². The Morgan fingerprint density at radius 3 is 1.35 bits per heavy atom. The molecule has 1 aliphatic rings. The maximum absolute atomic E-state index is 12.8. The zero-order valence-corrected chi connectivity index (χ0v) is 39.6. The molecule has 62 heavy (non-hydrogen) atoms. The van der Waals surface area contributed by atoms with Crippen LogP contribution < -0.4 is 0 Å². The number of allylic oxidation sites excluding steroid dienone is 4. The van der Waals surface area contributed by atoms with Crippen molar-refractivity contribution in [3.8, 4) is 0 Å². The molecule has 6 N–H and O–H groups in total. The van der Waals surface area contributed by atoms with Crippen molar-refractivity contribution >= 4 is 19.8 Å². The maximum atomic E-state index is 12.8. The minimum Gasteiger partial charge on any atom is -0.462 e. The van der Waals surface area contributed by atoms with E-state index < -0.39 is 75.7 Å². The van der Waals surface area contributed by atoms with Gasteiger partial charge in [-0.1, -0.05) is 186 Å². The van der Waals surface area contributed by atoms with Crippen LogP contribution in [-0.4, -0.2) is 98.3 Å². The maximum Gasteiger partial charge on any atom is 0.472 e. The third-order valence-corrected chi connectivity index (χ3v) is 12.5. The lowest BCUT2D eigenvalue weighted by molar-refractivity contribution is -0.220. The standard InChI is InChI=1S/C48H89O13P/c1-3-5-7-9-11-13-15-17-19-20-21-22-23-25-27-29-31-33-35-37-42(50)60-40(39-59-62(56,57)61-48-46(54)44(52)43(51)45(53)47(48)55)38-58-41(49)36-34-32-30-28-26-24-18-16-14-12-10-8-6-4-2/h10,12,16,18,40,43-48,51-55H,3-9,11,13-15,17,19-39H2,1-2H3,(H,56,57)/b12-10-,18-16-/t40-,43?,44-,45?,46?,47?,48?/m1/s1. The highest BCUT2D eigenvalue weighted by molar-refractivity contribution is 7.47. The first-order valence-electron chi connectivity index (χ1n) is 24.6. The topological polar surface area (TPSA) is 210 Å². The van der Waals surface area contributed by atoms with Crippen molar-refractivity contribution in [1.82, 2.24) is 0 Å². The van der Waals surface area contributed by atoms with Gasteiger partial charge in [-0.2, -0.15) is 0 Å². The minimum absolute atomic E-state index is 0.0983. The molecule has 14 heteroatoms. The summed E-state index contributed by atoms with van der Waals surface area (Å²) in [6, 6.07) is 0. The second-order valence-corrected chi connectivity index (χ2v) is 18.7. The molecular formula is C48H89O13P. The molecule has 0 aliphatic heterocycles. The molecule has 0 amide bonds. The summed E-state index contributed by atoms with van der Waals surface area (Å²) >= 11 is 0. The van der Waals surface area contributed by atoms with Gasteiger partial charge >= 0.3 is 19.8 Å². The Labute approximate surface area is 375 Å². The lowest BCUT2D eigenvalue weighted by atomic mass is 9.85. The van der Waals surface area contributed by atoms with Gasteiger partial charge in [-0.05, 0) is 38.5 Å². The van der Waals surface area contributed by atoms with E-state index in [4.69, 9.17) is 18.5 Å². The van der Waals surface area contributed by atoms with Crippen molar-refractivity contribution in [2.75, 3.05) is 13.2 Å². The first-order chi connectivity index (χ1) is 29.9. The van der Waals surface area contributed by atoms with E-state index in [2.05, 4.69) is 38.2 Å². The van der Waals surface area contributed by atoms with E-state index in [-0.39, 0.29) is 12.8 Å². The van der Waals surface area contributed by atoms with Crippen LogP contribution in [0.3, 0.4) is 0 Å². The number of ether oxygens (including phenoxy) is 2. The second-order valence-electron chi connectivity index (χ2n) is 17.3. The molecule has 6 unspecified atom stereocenters. The molecular weight excluding hydrogens is 815 g/mol. The molecule has 0 radical (unpaired) electrons. The fourth-order valence-electron chi connectivity index (χ4n) is 7.54. The molecule has 1 fully saturated rings. The van der Waals surface area contributed by atoms with Gasteiger partial charge in [0.1, 0.15) is 43.2 Å². The summed E-state index contributed by atoms with van der Waals surface area (Å²) in [5, 5.41) is 50.2. The molecule has 0 aromatic heterocycles. The number of aliphatic hydroxyl groups is 5. The second kappa shape index (κ2) is 38.6. The molecule has 8 atom stereocenters. The van der Waals surface area contributed by atoms with Crippen molar-refractivity contribution in [2.45, 2.75) is 256 Å². The van der Waals surface area contributed by atoms with Crippen LogP contribution in [-0.2, 0) is 32.7 Å². The summed E-state index contributed by atoms with van der Waals surface area (Å²) in [6.45, 7) is 3.27. The molecule has 0 heterocycles. The van der Waals surface area contributed by atoms with Crippen LogP contribution in [0.1, 0.15) is 213 Å². The molecule has 0 aromatic carbocycles. The molecule has 0 saturated heterocycles. The van der Waals surface area contributed by atoms with Gasteiger partial charge in [0.05, 0.1) is 6.61 Å². The van der Waals surface area contributed by atoms with E-state index in [9.17, 15) is 44.6 Å². The smallest absolute Gasteiger partial charge is 0.462 e. The van der Waals surface area contributed by atoms with Gasteiger partial charge in [0.2, 0.25) is 0 Å². The predicted octanol–water partition coefficient (Wildman–Crippen LogP) is 10.0. The van der Waals surface area contributed by atoms with E-state index in [1.165, 1.54) is 109 Å². The average Bonchev–Trinajstić information content (AvgIpc) is 3.25. The number of phosphoric ester groups is 1. The summed E-state index contributed by atoms with van der Waals surface area (Å²) in [4.78, 5) is 35.7. The lowest BCUT2D eigenvalue weighted by Crippen LogP contribution is -2.64. The molecule has 1 rings (SSSR count). The number of hydrogen-bond acceptors (Lipinski definition) is 12. The van der Waals surface area contributed by atoms with Gasteiger partial charge in [0, 0.05) is 12.8 Å². The molecule has 13 nitrogen and oxygen atoms in total. The molecule has 0 aromatic rings. The number of esters is 2. The quantitative estimate of drug-likeness (QED) is 0.0146. The highest BCUT2D eigenvalue weighted by atomic mass is 31.2. The summed E-state index contributed by atoms with van der Waals surface area (Å²) in [6.07, 6.45) is 29.4. The van der Waals surface area contributed by atoms with Crippen LogP contribution in [0.25, 0.3) is 0 Å². The van der Waals surface area contributed by atoms with E-state index in [1.807, 2.05) is 0 Å². The first-order valence-corrected chi connectivity index (χ1v) is 26.1. The fraction of sp³-hybridized carbons (Fsp3) is 0.875.